The largest absolute Gasteiger partial charge is 0.342 e. The van der Waals surface area contributed by atoms with Crippen molar-refractivity contribution in [2.24, 2.45) is 0 Å². The van der Waals surface area contributed by atoms with E-state index in [0.29, 0.717) is 4.88 Å². The molecule has 0 fully saturated rings. The molecule has 1 amide bonds. The predicted octanol–water partition coefficient (Wildman–Crippen LogP) is 3.13. The van der Waals surface area contributed by atoms with Gasteiger partial charge in [-0.15, -0.1) is 11.3 Å². The molecule has 0 unspecified atom stereocenters. The average molecular weight is 300 g/mol. The number of carbonyl (C=O) groups is 1. The number of nitrogens with one attached hydrogen (secondary N) is 2. The Kier molecular flexibility index (Phi) is 3.47. The molecule has 3 aromatic rings. The number of rotatable bonds is 3. The molecule has 2 aromatic heterocycles. The third-order valence-corrected chi connectivity index (χ3v) is 4.35. The highest BCUT2D eigenvalue weighted by Gasteiger charge is 2.18. The van der Waals surface area contributed by atoms with Crippen molar-refractivity contribution in [3.8, 4) is 0 Å². The highest BCUT2D eigenvalue weighted by Crippen LogP contribution is 2.19. The highest BCUT2D eigenvalue weighted by molar-refractivity contribution is 7.13. The zero-order valence-corrected chi connectivity index (χ0v) is 12.9. The molecule has 0 radical (unpaired) electrons. The van der Waals surface area contributed by atoms with Crippen LogP contribution in [0.1, 0.15) is 39.2 Å². The number of para-hydroxylation sites is 2. The summed E-state index contributed by atoms with van der Waals surface area (Å²) in [7, 11) is 0. The summed E-state index contributed by atoms with van der Waals surface area (Å²) >= 11 is 1.41. The van der Waals surface area contributed by atoms with Gasteiger partial charge in [-0.05, 0) is 32.9 Å². The van der Waals surface area contributed by atoms with E-state index in [4.69, 9.17) is 0 Å². The van der Waals surface area contributed by atoms with Crippen molar-refractivity contribution in [1.29, 1.82) is 0 Å². The van der Waals surface area contributed by atoms with Gasteiger partial charge in [0.1, 0.15) is 10.7 Å². The fourth-order valence-electron chi connectivity index (χ4n) is 2.25. The molecular weight excluding hydrogens is 284 g/mol. The first-order valence-corrected chi connectivity index (χ1v) is 7.56. The third kappa shape index (κ3) is 2.67. The Morgan fingerprint density at radius 3 is 2.71 bits per heavy atom. The van der Waals surface area contributed by atoms with Crippen LogP contribution in [0.4, 0.5) is 0 Å². The van der Waals surface area contributed by atoms with Crippen LogP contribution in [0.3, 0.4) is 0 Å². The minimum Gasteiger partial charge on any atom is -0.342 e. The number of fused-ring (bicyclic) bond motifs is 1. The molecule has 108 valence electrons. The number of carbonyl (C=O) groups excluding carboxylic acids is 1. The second-order valence-electron chi connectivity index (χ2n) is 4.98. The molecule has 0 spiro atoms. The Morgan fingerprint density at radius 1 is 1.29 bits per heavy atom. The minimum absolute atomic E-state index is 0.106. The molecule has 2 N–H and O–H groups in total. The molecule has 0 saturated carbocycles. The lowest BCUT2D eigenvalue weighted by Crippen LogP contribution is -2.27. The van der Waals surface area contributed by atoms with Gasteiger partial charge < -0.3 is 10.3 Å². The van der Waals surface area contributed by atoms with Crippen molar-refractivity contribution in [3.63, 3.8) is 0 Å². The maximum Gasteiger partial charge on any atom is 0.263 e. The van der Waals surface area contributed by atoms with Gasteiger partial charge in [0.15, 0.2) is 0 Å². The van der Waals surface area contributed by atoms with Crippen LogP contribution in [0.2, 0.25) is 0 Å². The summed E-state index contributed by atoms with van der Waals surface area (Å²) in [4.78, 5) is 25.0. The van der Waals surface area contributed by atoms with E-state index in [1.807, 2.05) is 45.0 Å². The standard InChI is InChI=1S/C15H16N4OS/c1-8-13(21-10(3)16-8)15(20)17-9(2)14-18-11-6-4-5-7-12(11)19-14/h4-7,9H,1-3H3,(H,17,20)(H,18,19)/t9-/m0/s1. The Morgan fingerprint density at radius 2 is 2.05 bits per heavy atom. The lowest BCUT2D eigenvalue weighted by Gasteiger charge is -2.10. The first-order valence-electron chi connectivity index (χ1n) is 6.74. The van der Waals surface area contributed by atoms with Crippen LogP contribution >= 0.6 is 11.3 Å². The molecule has 0 aliphatic rings. The zero-order chi connectivity index (χ0) is 15.0. The Labute approximate surface area is 126 Å². The Balaban J connectivity index is 1.81. The van der Waals surface area contributed by atoms with Crippen LogP contribution in [0, 0.1) is 13.8 Å². The quantitative estimate of drug-likeness (QED) is 0.780. The van der Waals surface area contributed by atoms with Crippen molar-refractivity contribution in [3.05, 3.63) is 45.7 Å². The monoisotopic (exact) mass is 300 g/mol. The summed E-state index contributed by atoms with van der Waals surface area (Å²) in [5.74, 6) is 0.648. The SMILES string of the molecule is Cc1nc(C)c(C(=O)N[C@@H](C)c2nc3ccccc3[nH]2)s1. The fraction of sp³-hybridized carbons (Fsp3) is 0.267. The van der Waals surface area contributed by atoms with Gasteiger partial charge in [0.25, 0.3) is 5.91 Å². The molecule has 1 atom stereocenters. The molecule has 0 aliphatic carbocycles. The molecule has 0 saturated heterocycles. The second-order valence-corrected chi connectivity index (χ2v) is 6.18. The fourth-order valence-corrected chi connectivity index (χ4v) is 3.07. The van der Waals surface area contributed by atoms with Gasteiger partial charge in [0, 0.05) is 0 Å². The number of imidazole rings is 1. The average Bonchev–Trinajstić information content (AvgIpc) is 3.01. The van der Waals surface area contributed by atoms with Crippen LogP contribution < -0.4 is 5.32 Å². The number of benzene rings is 1. The maximum atomic E-state index is 12.3. The van der Waals surface area contributed by atoms with Crippen molar-refractivity contribution >= 4 is 28.3 Å². The van der Waals surface area contributed by atoms with Crippen LogP contribution in [0.25, 0.3) is 11.0 Å². The van der Waals surface area contributed by atoms with Crippen LogP contribution in [-0.2, 0) is 0 Å². The van der Waals surface area contributed by atoms with Gasteiger partial charge in [0.05, 0.1) is 27.8 Å². The maximum absolute atomic E-state index is 12.3. The van der Waals surface area contributed by atoms with E-state index >= 15 is 0 Å². The topological polar surface area (TPSA) is 70.7 Å². The van der Waals surface area contributed by atoms with E-state index in [1.54, 1.807) is 0 Å². The number of aromatic amines is 1. The van der Waals surface area contributed by atoms with Gasteiger partial charge in [-0.1, -0.05) is 12.1 Å². The number of hydrogen-bond donors (Lipinski definition) is 2. The number of nitrogens with zero attached hydrogens (tertiary/aromatic N) is 2. The highest BCUT2D eigenvalue weighted by atomic mass is 32.1. The van der Waals surface area contributed by atoms with Crippen molar-refractivity contribution < 1.29 is 4.79 Å². The summed E-state index contributed by atoms with van der Waals surface area (Å²) < 4.78 is 0. The van der Waals surface area contributed by atoms with Crippen molar-refractivity contribution in [1.82, 2.24) is 20.3 Å². The number of hydrogen-bond acceptors (Lipinski definition) is 4. The number of thiazole rings is 1. The van der Waals surface area contributed by atoms with E-state index < -0.39 is 0 Å². The summed E-state index contributed by atoms with van der Waals surface area (Å²) in [6.45, 7) is 5.67. The number of amides is 1. The molecular formula is C15H16N4OS. The first kappa shape index (κ1) is 13.8. The Hall–Kier alpha value is -2.21. The van der Waals surface area contributed by atoms with E-state index in [9.17, 15) is 4.79 Å². The van der Waals surface area contributed by atoms with Crippen LogP contribution in [0.15, 0.2) is 24.3 Å². The molecule has 0 aliphatic heterocycles. The predicted molar refractivity (Wildman–Crippen MR) is 83.6 cm³/mol. The number of aromatic nitrogens is 3. The first-order chi connectivity index (χ1) is 10.0. The minimum atomic E-state index is -0.188. The van der Waals surface area contributed by atoms with Crippen molar-refractivity contribution in [2.45, 2.75) is 26.8 Å². The third-order valence-electron chi connectivity index (χ3n) is 3.28. The van der Waals surface area contributed by atoms with Crippen LogP contribution in [0.5, 0.6) is 0 Å². The van der Waals surface area contributed by atoms with E-state index in [-0.39, 0.29) is 11.9 Å². The van der Waals surface area contributed by atoms with Gasteiger partial charge in [0.2, 0.25) is 0 Å². The summed E-state index contributed by atoms with van der Waals surface area (Å²) in [6.07, 6.45) is 0. The zero-order valence-electron chi connectivity index (χ0n) is 12.1. The normalized spacial score (nSPS) is 12.5. The number of H-pyrrole nitrogens is 1. The summed E-state index contributed by atoms with van der Waals surface area (Å²) in [5.41, 5.74) is 2.64. The van der Waals surface area contributed by atoms with E-state index in [0.717, 1.165) is 27.6 Å². The molecule has 5 nitrogen and oxygen atoms in total. The van der Waals surface area contributed by atoms with Gasteiger partial charge >= 0.3 is 0 Å². The van der Waals surface area contributed by atoms with Crippen LogP contribution in [-0.4, -0.2) is 20.9 Å². The van der Waals surface area contributed by atoms with Gasteiger partial charge in [-0.25, -0.2) is 9.97 Å². The molecule has 6 heteroatoms. The van der Waals surface area contributed by atoms with Crippen molar-refractivity contribution in [2.75, 3.05) is 0 Å². The lowest BCUT2D eigenvalue weighted by atomic mass is 10.3. The molecule has 0 bridgehead atoms. The molecule has 3 rings (SSSR count). The number of aryl methyl sites for hydroxylation is 2. The Bertz CT molecular complexity index is 772. The van der Waals surface area contributed by atoms with Gasteiger partial charge in [-0.2, -0.15) is 0 Å². The van der Waals surface area contributed by atoms with E-state index in [1.165, 1.54) is 11.3 Å². The van der Waals surface area contributed by atoms with E-state index in [2.05, 4.69) is 20.3 Å². The molecule has 1 aromatic carbocycles. The second kappa shape index (κ2) is 5.29. The molecule has 21 heavy (non-hydrogen) atoms. The lowest BCUT2D eigenvalue weighted by molar-refractivity contribution is 0.0942. The summed E-state index contributed by atoms with van der Waals surface area (Å²) in [5, 5.41) is 3.86. The van der Waals surface area contributed by atoms with Gasteiger partial charge in [-0.3, -0.25) is 4.79 Å². The summed E-state index contributed by atoms with van der Waals surface area (Å²) in [6, 6.07) is 7.63. The smallest absolute Gasteiger partial charge is 0.263 e. The molecule has 2 heterocycles.